The summed E-state index contributed by atoms with van der Waals surface area (Å²) in [5, 5.41) is 0.932. The van der Waals surface area contributed by atoms with Crippen molar-refractivity contribution >= 4 is 17.3 Å². The third-order valence-electron chi connectivity index (χ3n) is 3.03. The monoisotopic (exact) mass is 275 g/mol. The van der Waals surface area contributed by atoms with Crippen LogP contribution in [-0.2, 0) is 22.5 Å². The maximum absolute atomic E-state index is 11.5. The largest absolute Gasteiger partial charge is 0.465 e. The molecule has 98 valence electrons. The van der Waals surface area contributed by atoms with Gasteiger partial charge in [-0.05, 0) is 12.1 Å². The summed E-state index contributed by atoms with van der Waals surface area (Å²) in [4.78, 5) is 17.4. The standard InChI is InChI=1S/C14H13NO3S/c1-17-14(16)10-4-2-3-9(7-10)13-15-11-5-6-18-8-12(11)19-13/h2-4,7H,5-6,8H2,1H3. The van der Waals surface area contributed by atoms with E-state index in [1.54, 1.807) is 17.4 Å². The molecule has 0 saturated carbocycles. The number of rotatable bonds is 2. The minimum atomic E-state index is -0.327. The lowest BCUT2D eigenvalue weighted by Gasteiger charge is -2.08. The van der Waals surface area contributed by atoms with Crippen LogP contribution in [-0.4, -0.2) is 24.7 Å². The van der Waals surface area contributed by atoms with Gasteiger partial charge in [0.2, 0.25) is 0 Å². The van der Waals surface area contributed by atoms with E-state index in [0.717, 1.165) is 29.3 Å². The van der Waals surface area contributed by atoms with E-state index in [2.05, 4.69) is 4.98 Å². The molecule has 0 unspecified atom stereocenters. The highest BCUT2D eigenvalue weighted by Crippen LogP contribution is 2.31. The van der Waals surface area contributed by atoms with Crippen molar-refractivity contribution in [2.75, 3.05) is 13.7 Å². The number of hydrogen-bond donors (Lipinski definition) is 0. The summed E-state index contributed by atoms with van der Waals surface area (Å²) >= 11 is 1.63. The third kappa shape index (κ3) is 2.39. The van der Waals surface area contributed by atoms with Gasteiger partial charge >= 0.3 is 5.97 Å². The Morgan fingerprint density at radius 3 is 3.16 bits per heavy atom. The maximum atomic E-state index is 11.5. The maximum Gasteiger partial charge on any atom is 0.337 e. The third-order valence-corrected chi connectivity index (χ3v) is 4.15. The number of benzene rings is 1. The predicted molar refractivity (Wildman–Crippen MR) is 72.2 cm³/mol. The second kappa shape index (κ2) is 5.11. The van der Waals surface area contributed by atoms with Crippen LogP contribution in [0, 0.1) is 0 Å². The molecule has 2 heterocycles. The van der Waals surface area contributed by atoms with Gasteiger partial charge in [-0.25, -0.2) is 9.78 Å². The Balaban J connectivity index is 1.97. The predicted octanol–water partition coefficient (Wildman–Crippen LogP) is 2.67. The summed E-state index contributed by atoms with van der Waals surface area (Å²) in [6.45, 7) is 1.38. The Bertz CT molecular complexity index is 597. The van der Waals surface area contributed by atoms with E-state index in [-0.39, 0.29) is 5.97 Å². The van der Waals surface area contributed by atoms with Crippen LogP contribution in [0.15, 0.2) is 24.3 Å². The van der Waals surface area contributed by atoms with Crippen molar-refractivity contribution < 1.29 is 14.3 Å². The Morgan fingerprint density at radius 2 is 2.37 bits per heavy atom. The van der Waals surface area contributed by atoms with Gasteiger partial charge in [0.05, 0.1) is 36.5 Å². The Morgan fingerprint density at radius 1 is 1.47 bits per heavy atom. The molecule has 1 aromatic heterocycles. The molecule has 1 aliphatic rings. The highest BCUT2D eigenvalue weighted by molar-refractivity contribution is 7.15. The number of esters is 1. The highest BCUT2D eigenvalue weighted by Gasteiger charge is 2.17. The molecule has 4 nitrogen and oxygen atoms in total. The fourth-order valence-electron chi connectivity index (χ4n) is 2.05. The van der Waals surface area contributed by atoms with Gasteiger partial charge in [0.15, 0.2) is 0 Å². The topological polar surface area (TPSA) is 48.4 Å². The molecule has 0 amide bonds. The molecule has 0 atom stereocenters. The van der Waals surface area contributed by atoms with E-state index >= 15 is 0 Å². The first-order valence-electron chi connectivity index (χ1n) is 6.03. The number of hydrogen-bond acceptors (Lipinski definition) is 5. The normalized spacial score (nSPS) is 13.9. The molecule has 1 aliphatic heterocycles. The molecule has 0 spiro atoms. The number of carbonyl (C=O) groups excluding carboxylic acids is 1. The first kappa shape index (κ1) is 12.3. The van der Waals surface area contributed by atoms with Crippen molar-refractivity contribution in [2.24, 2.45) is 0 Å². The van der Waals surface area contributed by atoms with Gasteiger partial charge in [0, 0.05) is 12.0 Å². The minimum absolute atomic E-state index is 0.327. The van der Waals surface area contributed by atoms with Gasteiger partial charge in [0.1, 0.15) is 5.01 Å². The average Bonchev–Trinajstić information content (AvgIpc) is 2.90. The number of aromatic nitrogens is 1. The molecule has 2 aromatic rings. The lowest BCUT2D eigenvalue weighted by molar-refractivity contribution is 0.0601. The molecule has 0 aliphatic carbocycles. The summed E-state index contributed by atoms with van der Waals surface area (Å²) in [6.07, 6.45) is 0.864. The molecule has 0 saturated heterocycles. The van der Waals surface area contributed by atoms with Gasteiger partial charge in [-0.15, -0.1) is 11.3 Å². The molecule has 0 bridgehead atoms. The first-order valence-corrected chi connectivity index (χ1v) is 6.84. The van der Waals surface area contributed by atoms with Gasteiger partial charge in [-0.3, -0.25) is 0 Å². The number of carbonyl (C=O) groups is 1. The Hall–Kier alpha value is -1.72. The molecule has 3 rings (SSSR count). The van der Waals surface area contributed by atoms with Gasteiger partial charge in [-0.2, -0.15) is 0 Å². The van der Waals surface area contributed by atoms with Crippen molar-refractivity contribution in [2.45, 2.75) is 13.0 Å². The number of thiazole rings is 1. The number of ether oxygens (including phenoxy) is 2. The molecular formula is C14H13NO3S. The van der Waals surface area contributed by atoms with Crippen LogP contribution in [0.4, 0.5) is 0 Å². The average molecular weight is 275 g/mol. The van der Waals surface area contributed by atoms with Gasteiger partial charge in [-0.1, -0.05) is 12.1 Å². The van der Waals surface area contributed by atoms with Crippen molar-refractivity contribution in [1.29, 1.82) is 0 Å². The fourth-order valence-corrected chi connectivity index (χ4v) is 3.09. The second-order valence-electron chi connectivity index (χ2n) is 4.26. The number of fused-ring (bicyclic) bond motifs is 1. The van der Waals surface area contributed by atoms with Crippen molar-refractivity contribution in [1.82, 2.24) is 4.98 Å². The van der Waals surface area contributed by atoms with Crippen LogP contribution < -0.4 is 0 Å². The molecular weight excluding hydrogens is 262 g/mol. The first-order chi connectivity index (χ1) is 9.28. The summed E-state index contributed by atoms with van der Waals surface area (Å²) < 4.78 is 10.2. The van der Waals surface area contributed by atoms with Crippen molar-refractivity contribution in [3.63, 3.8) is 0 Å². The summed E-state index contributed by atoms with van der Waals surface area (Å²) in [7, 11) is 1.38. The van der Waals surface area contributed by atoms with Crippen LogP contribution in [0.5, 0.6) is 0 Å². The van der Waals surface area contributed by atoms with E-state index in [1.165, 1.54) is 12.0 Å². The number of methoxy groups -OCH3 is 1. The van der Waals surface area contributed by atoms with Crippen LogP contribution in [0.25, 0.3) is 10.6 Å². The molecule has 0 radical (unpaired) electrons. The lowest BCUT2D eigenvalue weighted by Crippen LogP contribution is -2.07. The van der Waals surface area contributed by atoms with Crippen molar-refractivity contribution in [3.8, 4) is 10.6 Å². The minimum Gasteiger partial charge on any atom is -0.465 e. The Kier molecular flexibility index (Phi) is 3.31. The molecule has 0 N–H and O–H groups in total. The quantitative estimate of drug-likeness (QED) is 0.791. The van der Waals surface area contributed by atoms with Gasteiger partial charge < -0.3 is 9.47 Å². The highest BCUT2D eigenvalue weighted by atomic mass is 32.1. The molecule has 5 heteroatoms. The number of nitrogens with zero attached hydrogens (tertiary/aromatic N) is 1. The SMILES string of the molecule is COC(=O)c1cccc(-c2nc3c(s2)COCC3)c1. The van der Waals surface area contributed by atoms with E-state index < -0.39 is 0 Å². The van der Waals surface area contributed by atoms with Crippen LogP contribution in [0.1, 0.15) is 20.9 Å². The molecule has 19 heavy (non-hydrogen) atoms. The van der Waals surface area contributed by atoms with Crippen LogP contribution in [0.3, 0.4) is 0 Å². The van der Waals surface area contributed by atoms with E-state index in [4.69, 9.17) is 9.47 Å². The Labute approximate surface area is 115 Å². The van der Waals surface area contributed by atoms with E-state index in [1.807, 2.05) is 18.2 Å². The zero-order chi connectivity index (χ0) is 13.2. The van der Waals surface area contributed by atoms with E-state index in [0.29, 0.717) is 12.2 Å². The fraction of sp³-hybridized carbons (Fsp3) is 0.286. The zero-order valence-electron chi connectivity index (χ0n) is 10.5. The van der Waals surface area contributed by atoms with Crippen LogP contribution in [0.2, 0.25) is 0 Å². The molecule has 1 aromatic carbocycles. The summed E-state index contributed by atoms with van der Waals surface area (Å²) in [6, 6.07) is 7.36. The van der Waals surface area contributed by atoms with Crippen molar-refractivity contribution in [3.05, 3.63) is 40.4 Å². The molecule has 0 fully saturated rings. The zero-order valence-corrected chi connectivity index (χ0v) is 11.3. The second-order valence-corrected chi connectivity index (χ2v) is 5.35. The van der Waals surface area contributed by atoms with E-state index in [9.17, 15) is 4.79 Å². The summed E-state index contributed by atoms with van der Waals surface area (Å²) in [5.74, 6) is -0.327. The summed E-state index contributed by atoms with van der Waals surface area (Å²) in [5.41, 5.74) is 2.61. The lowest BCUT2D eigenvalue weighted by atomic mass is 10.1. The van der Waals surface area contributed by atoms with Gasteiger partial charge in [0.25, 0.3) is 0 Å². The smallest absolute Gasteiger partial charge is 0.337 e. The van der Waals surface area contributed by atoms with Crippen LogP contribution >= 0.6 is 11.3 Å².